The van der Waals surface area contributed by atoms with Crippen LogP contribution in [0.25, 0.3) is 0 Å². The first-order valence-corrected chi connectivity index (χ1v) is 12.9. The SMILES string of the molecule is Cc1ccc(OP(Oc2ccc(C)cc2)N2[C@H]3CC[C@H](C3)[C@@H]2C2=N[C@@H](C(C)C)CO2)cc1. The van der Waals surface area contributed by atoms with Gasteiger partial charge in [-0.1, -0.05) is 49.2 Å². The Morgan fingerprint density at radius 2 is 1.53 bits per heavy atom. The number of aryl methyl sites for hydroxylation is 2. The number of benzene rings is 2. The lowest BCUT2D eigenvalue weighted by Gasteiger charge is -2.37. The summed E-state index contributed by atoms with van der Waals surface area (Å²) in [7, 11) is -1.36. The van der Waals surface area contributed by atoms with Crippen molar-refractivity contribution in [2.75, 3.05) is 6.61 Å². The van der Waals surface area contributed by atoms with Crippen LogP contribution in [0.5, 0.6) is 11.5 Å². The van der Waals surface area contributed by atoms with Crippen molar-refractivity contribution in [3.63, 3.8) is 0 Å². The highest BCUT2D eigenvalue weighted by molar-refractivity contribution is 7.45. The smallest absolute Gasteiger partial charge is 0.385 e. The lowest BCUT2D eigenvalue weighted by Crippen LogP contribution is -2.44. The molecule has 1 aliphatic carbocycles. The molecule has 0 radical (unpaired) electrons. The van der Waals surface area contributed by atoms with Crippen molar-refractivity contribution in [1.82, 2.24) is 4.67 Å². The maximum absolute atomic E-state index is 6.56. The molecule has 0 N–H and O–H groups in total. The molecule has 5 nitrogen and oxygen atoms in total. The van der Waals surface area contributed by atoms with Gasteiger partial charge in [-0.05, 0) is 69.2 Å². The minimum absolute atomic E-state index is 0.138. The van der Waals surface area contributed by atoms with E-state index < -0.39 is 8.53 Å². The second-order valence-corrected chi connectivity index (χ2v) is 11.0. The molecule has 0 amide bonds. The van der Waals surface area contributed by atoms with Crippen molar-refractivity contribution in [3.05, 3.63) is 59.7 Å². The van der Waals surface area contributed by atoms with Crippen LogP contribution in [-0.4, -0.2) is 35.3 Å². The average molecular weight is 453 g/mol. The van der Waals surface area contributed by atoms with E-state index in [1.165, 1.54) is 24.0 Å². The maximum atomic E-state index is 6.56. The van der Waals surface area contributed by atoms with Gasteiger partial charge in [-0.2, -0.15) is 4.67 Å². The molecule has 2 aliphatic heterocycles. The van der Waals surface area contributed by atoms with E-state index in [4.69, 9.17) is 18.8 Å². The highest BCUT2D eigenvalue weighted by Gasteiger charge is 2.55. The molecule has 2 bridgehead atoms. The molecule has 2 fully saturated rings. The number of hydrogen-bond donors (Lipinski definition) is 0. The number of fused-ring (bicyclic) bond motifs is 2. The first-order chi connectivity index (χ1) is 15.5. The number of rotatable bonds is 7. The van der Waals surface area contributed by atoms with Crippen LogP contribution in [0.3, 0.4) is 0 Å². The van der Waals surface area contributed by atoms with E-state index in [9.17, 15) is 0 Å². The van der Waals surface area contributed by atoms with Crippen molar-refractivity contribution in [2.24, 2.45) is 16.8 Å². The second-order valence-electron chi connectivity index (χ2n) is 9.69. The number of ether oxygens (including phenoxy) is 1. The van der Waals surface area contributed by atoms with Gasteiger partial charge in [0.25, 0.3) is 0 Å². The summed E-state index contributed by atoms with van der Waals surface area (Å²) < 4.78 is 21.8. The monoisotopic (exact) mass is 452 g/mol. The van der Waals surface area contributed by atoms with Crippen molar-refractivity contribution in [2.45, 2.75) is 65.1 Å². The lowest BCUT2D eigenvalue weighted by molar-refractivity contribution is 0.221. The van der Waals surface area contributed by atoms with Gasteiger partial charge in [0.05, 0.1) is 12.1 Å². The first-order valence-electron chi connectivity index (χ1n) is 11.8. The maximum Gasteiger partial charge on any atom is 0.385 e. The zero-order valence-corrected chi connectivity index (χ0v) is 20.3. The minimum atomic E-state index is -1.36. The fraction of sp³-hybridized carbons (Fsp3) is 0.500. The molecule has 1 saturated carbocycles. The minimum Gasteiger partial charge on any atom is -0.478 e. The number of piperidine rings is 1. The second kappa shape index (κ2) is 9.03. The molecule has 2 aromatic carbocycles. The van der Waals surface area contributed by atoms with Crippen molar-refractivity contribution in [3.8, 4) is 11.5 Å². The molecule has 5 rings (SSSR count). The summed E-state index contributed by atoms with van der Waals surface area (Å²) in [6.45, 7) is 9.29. The van der Waals surface area contributed by atoms with Gasteiger partial charge >= 0.3 is 8.53 Å². The van der Waals surface area contributed by atoms with Crippen LogP contribution in [0.1, 0.15) is 44.2 Å². The summed E-state index contributed by atoms with van der Waals surface area (Å²) in [6, 6.07) is 17.3. The molecule has 2 aromatic rings. The summed E-state index contributed by atoms with van der Waals surface area (Å²) in [6.07, 6.45) is 3.56. The predicted octanol–water partition coefficient (Wildman–Crippen LogP) is 6.29. The molecular formula is C26H33N2O3P. The Hall–Kier alpha value is -2.10. The van der Waals surface area contributed by atoms with Gasteiger partial charge in [0.1, 0.15) is 18.1 Å². The number of aliphatic imine (C=N–C) groups is 1. The molecular weight excluding hydrogens is 419 g/mol. The van der Waals surface area contributed by atoms with Crippen molar-refractivity contribution in [1.29, 1.82) is 0 Å². The summed E-state index contributed by atoms with van der Waals surface area (Å²) in [5, 5.41) is 0. The van der Waals surface area contributed by atoms with Gasteiger partial charge in [-0.25, -0.2) is 4.99 Å². The van der Waals surface area contributed by atoms with E-state index in [-0.39, 0.29) is 12.1 Å². The number of nitrogens with zero attached hydrogens (tertiary/aromatic N) is 2. The van der Waals surface area contributed by atoms with Crippen molar-refractivity contribution < 1.29 is 13.8 Å². The molecule has 0 aromatic heterocycles. The van der Waals surface area contributed by atoms with Crippen LogP contribution in [-0.2, 0) is 4.74 Å². The zero-order chi connectivity index (χ0) is 22.2. The third kappa shape index (κ3) is 4.38. The molecule has 4 atom stereocenters. The van der Waals surface area contributed by atoms with Gasteiger partial charge in [-0.15, -0.1) is 0 Å². The van der Waals surface area contributed by atoms with E-state index in [0.717, 1.165) is 23.8 Å². The number of hydrogen-bond acceptors (Lipinski definition) is 5. The average Bonchev–Trinajstić information content (AvgIpc) is 3.52. The van der Waals surface area contributed by atoms with Gasteiger partial charge in [0.15, 0.2) is 0 Å². The van der Waals surface area contributed by atoms with Gasteiger partial charge < -0.3 is 13.8 Å². The third-order valence-electron chi connectivity index (χ3n) is 6.87. The first kappa shape index (κ1) is 21.7. The van der Waals surface area contributed by atoms with Crippen LogP contribution in [0.15, 0.2) is 53.5 Å². The largest absolute Gasteiger partial charge is 0.478 e. The summed E-state index contributed by atoms with van der Waals surface area (Å²) in [4.78, 5) is 5.01. The molecule has 1 saturated heterocycles. The normalized spacial score (nSPS) is 27.1. The van der Waals surface area contributed by atoms with Gasteiger partial charge in [0.2, 0.25) is 5.90 Å². The van der Waals surface area contributed by atoms with E-state index in [1.807, 2.05) is 24.3 Å². The third-order valence-corrected chi connectivity index (χ3v) is 8.55. The fourth-order valence-electron chi connectivity index (χ4n) is 4.92. The predicted molar refractivity (Wildman–Crippen MR) is 129 cm³/mol. The van der Waals surface area contributed by atoms with Crippen LogP contribution < -0.4 is 9.05 Å². The van der Waals surface area contributed by atoms with Crippen LogP contribution in [0, 0.1) is 25.7 Å². The Morgan fingerprint density at radius 1 is 0.938 bits per heavy atom. The Balaban J connectivity index is 1.46. The van der Waals surface area contributed by atoms with E-state index in [2.05, 4.69) is 56.6 Å². The highest BCUT2D eigenvalue weighted by Crippen LogP contribution is 2.57. The van der Waals surface area contributed by atoms with Crippen LogP contribution >= 0.6 is 8.53 Å². The Kier molecular flexibility index (Phi) is 6.14. The fourth-order valence-corrected chi connectivity index (χ4v) is 6.71. The molecule has 0 unspecified atom stereocenters. The van der Waals surface area contributed by atoms with Gasteiger partial charge in [-0.3, -0.25) is 0 Å². The Labute approximate surface area is 192 Å². The van der Waals surface area contributed by atoms with E-state index >= 15 is 0 Å². The van der Waals surface area contributed by atoms with Crippen molar-refractivity contribution >= 4 is 14.4 Å². The van der Waals surface area contributed by atoms with E-state index in [1.54, 1.807) is 0 Å². The lowest BCUT2D eigenvalue weighted by atomic mass is 10.00. The molecule has 170 valence electrons. The molecule has 6 heteroatoms. The van der Waals surface area contributed by atoms with E-state index in [0.29, 0.717) is 24.5 Å². The summed E-state index contributed by atoms with van der Waals surface area (Å²) in [5.41, 5.74) is 2.43. The topological polar surface area (TPSA) is 43.3 Å². The quantitative estimate of drug-likeness (QED) is 0.463. The Morgan fingerprint density at radius 3 is 2.06 bits per heavy atom. The standard InChI is InChI=1S/C26H33N2O3P/c1-17(2)24-16-29-26(27-24)25-20-9-10-21(15-20)28(25)32(30-22-11-5-18(3)6-12-22)31-23-13-7-19(4)8-14-23/h5-8,11-14,17,20-21,24-25H,9-10,15-16H2,1-4H3/t20-,21+,24-,25-/m1/s1. The molecule has 2 heterocycles. The van der Waals surface area contributed by atoms with Crippen LogP contribution in [0.2, 0.25) is 0 Å². The summed E-state index contributed by atoms with van der Waals surface area (Å²) >= 11 is 0. The molecule has 0 spiro atoms. The van der Waals surface area contributed by atoms with Crippen LogP contribution in [0.4, 0.5) is 0 Å². The highest BCUT2D eigenvalue weighted by atomic mass is 31.2. The van der Waals surface area contributed by atoms with Gasteiger partial charge in [0, 0.05) is 6.04 Å². The summed E-state index contributed by atoms with van der Waals surface area (Å²) in [5.74, 6) is 3.60. The molecule has 3 aliphatic rings. The molecule has 32 heavy (non-hydrogen) atoms. The zero-order valence-electron chi connectivity index (χ0n) is 19.4. The Bertz CT molecular complexity index is 913.